The summed E-state index contributed by atoms with van der Waals surface area (Å²) in [4.78, 5) is 25.0. The van der Waals surface area contributed by atoms with Gasteiger partial charge >= 0.3 is 5.82 Å². The maximum Gasteiger partial charge on any atom is 0.391 e. The van der Waals surface area contributed by atoms with E-state index in [0.29, 0.717) is 0 Å². The number of hydrogen-bond acceptors (Lipinski definition) is 4. The van der Waals surface area contributed by atoms with E-state index in [1.165, 1.54) is 23.6 Å². The third-order valence-electron chi connectivity index (χ3n) is 2.08. The van der Waals surface area contributed by atoms with Crippen LogP contribution < -0.4 is 0 Å². The second kappa shape index (κ2) is 3.57. The van der Waals surface area contributed by atoms with Crippen LogP contribution >= 0.6 is 11.6 Å². The Balaban J connectivity index is 2.93. The molecule has 0 fully saturated rings. The Morgan fingerprint density at radius 2 is 2.31 bits per heavy atom. The second-order valence-electron chi connectivity index (χ2n) is 3.15. The first kappa shape index (κ1) is 10.6. The van der Waals surface area contributed by atoms with E-state index in [-0.39, 0.29) is 22.1 Å². The fourth-order valence-corrected chi connectivity index (χ4v) is 1.70. The zero-order valence-corrected chi connectivity index (χ0v) is 8.93. The van der Waals surface area contributed by atoms with Crippen molar-refractivity contribution in [3.63, 3.8) is 0 Å². The van der Waals surface area contributed by atoms with Crippen molar-refractivity contribution in [2.45, 2.75) is 6.92 Å². The molecule has 0 unspecified atom stereocenters. The van der Waals surface area contributed by atoms with Crippen LogP contribution in [0.5, 0.6) is 0 Å². The molecule has 0 bridgehead atoms. The SMILES string of the molecule is CC(=O)c1nc([N+](=O)[O-])c2c(Cl)cccn12. The molecule has 0 atom stereocenters. The lowest BCUT2D eigenvalue weighted by Gasteiger charge is -1.95. The van der Waals surface area contributed by atoms with Crippen LogP contribution in [0.1, 0.15) is 17.5 Å². The zero-order chi connectivity index (χ0) is 11.9. The molecule has 6 nitrogen and oxygen atoms in total. The predicted octanol–water partition coefficient (Wildman–Crippen LogP) is 2.10. The van der Waals surface area contributed by atoms with Gasteiger partial charge in [0.25, 0.3) is 5.82 Å². The molecule has 0 aliphatic rings. The summed E-state index contributed by atoms with van der Waals surface area (Å²) >= 11 is 5.85. The lowest BCUT2D eigenvalue weighted by Crippen LogP contribution is -1.99. The van der Waals surface area contributed by atoms with Gasteiger partial charge in [0.05, 0.1) is 5.02 Å². The average molecular weight is 240 g/mol. The molecule has 16 heavy (non-hydrogen) atoms. The summed E-state index contributed by atoms with van der Waals surface area (Å²) in [6, 6.07) is 3.10. The van der Waals surface area contributed by atoms with Gasteiger partial charge in [0.15, 0.2) is 5.52 Å². The van der Waals surface area contributed by atoms with E-state index in [4.69, 9.17) is 11.6 Å². The number of carbonyl (C=O) groups is 1. The smallest absolute Gasteiger partial charge is 0.358 e. The first-order valence-corrected chi connectivity index (χ1v) is 4.72. The summed E-state index contributed by atoms with van der Waals surface area (Å²) in [5.74, 6) is -0.759. The summed E-state index contributed by atoms with van der Waals surface area (Å²) in [6.45, 7) is 1.29. The number of fused-ring (bicyclic) bond motifs is 1. The summed E-state index contributed by atoms with van der Waals surface area (Å²) in [5, 5.41) is 11.0. The van der Waals surface area contributed by atoms with Crippen LogP contribution in [0.25, 0.3) is 5.52 Å². The Bertz CT molecular complexity index is 605. The first-order chi connectivity index (χ1) is 7.52. The maximum atomic E-state index is 11.3. The molecule has 0 spiro atoms. The van der Waals surface area contributed by atoms with E-state index >= 15 is 0 Å². The normalized spacial score (nSPS) is 10.6. The molecular weight excluding hydrogens is 234 g/mol. The van der Waals surface area contributed by atoms with Crippen LogP contribution in [0, 0.1) is 10.1 Å². The van der Waals surface area contributed by atoms with Gasteiger partial charge in [-0.2, -0.15) is 0 Å². The Kier molecular flexibility index (Phi) is 2.35. The maximum absolute atomic E-state index is 11.3. The molecule has 0 aromatic carbocycles. The third kappa shape index (κ3) is 1.43. The first-order valence-electron chi connectivity index (χ1n) is 4.34. The van der Waals surface area contributed by atoms with Gasteiger partial charge in [0.1, 0.15) is 0 Å². The van der Waals surface area contributed by atoms with Crippen LogP contribution in [0.15, 0.2) is 18.3 Å². The number of pyridine rings is 1. The van der Waals surface area contributed by atoms with Crippen LogP contribution in [-0.4, -0.2) is 20.1 Å². The largest absolute Gasteiger partial charge is 0.391 e. The Morgan fingerprint density at radius 1 is 1.62 bits per heavy atom. The number of Topliss-reactive ketones (excluding diaryl/α,β-unsaturated/α-hetero) is 1. The van der Waals surface area contributed by atoms with Crippen molar-refractivity contribution in [3.05, 3.63) is 39.3 Å². The molecule has 2 aromatic heterocycles. The Hall–Kier alpha value is -1.95. The fraction of sp³-hybridized carbons (Fsp3) is 0.111. The summed E-state index contributed by atoms with van der Waals surface area (Å²) in [5.41, 5.74) is 0.138. The molecule has 0 saturated heterocycles. The predicted molar refractivity (Wildman–Crippen MR) is 56.9 cm³/mol. The van der Waals surface area contributed by atoms with Crippen molar-refractivity contribution in [1.82, 2.24) is 9.38 Å². The lowest BCUT2D eigenvalue weighted by atomic mass is 10.4. The highest BCUT2D eigenvalue weighted by molar-refractivity contribution is 6.34. The highest BCUT2D eigenvalue weighted by Crippen LogP contribution is 2.27. The molecule has 0 aliphatic carbocycles. The van der Waals surface area contributed by atoms with Crippen LogP contribution in [0.4, 0.5) is 5.82 Å². The molecule has 0 N–H and O–H groups in total. The van der Waals surface area contributed by atoms with Crippen LogP contribution in [0.3, 0.4) is 0 Å². The van der Waals surface area contributed by atoms with Crippen molar-refractivity contribution in [2.24, 2.45) is 0 Å². The van der Waals surface area contributed by atoms with Gasteiger partial charge in [-0.05, 0) is 22.0 Å². The molecule has 0 saturated carbocycles. The third-order valence-corrected chi connectivity index (χ3v) is 2.39. The number of hydrogen-bond donors (Lipinski definition) is 0. The zero-order valence-electron chi connectivity index (χ0n) is 8.18. The summed E-state index contributed by atoms with van der Waals surface area (Å²) in [7, 11) is 0. The van der Waals surface area contributed by atoms with E-state index in [9.17, 15) is 14.9 Å². The highest BCUT2D eigenvalue weighted by Gasteiger charge is 2.26. The molecular formula is C9H6ClN3O3. The van der Waals surface area contributed by atoms with Gasteiger partial charge in [-0.3, -0.25) is 9.20 Å². The van der Waals surface area contributed by atoms with Crippen molar-refractivity contribution in [3.8, 4) is 0 Å². The molecule has 2 heterocycles. The quantitative estimate of drug-likeness (QED) is 0.457. The number of halogens is 1. The highest BCUT2D eigenvalue weighted by atomic mass is 35.5. The number of ketones is 1. The van der Waals surface area contributed by atoms with Gasteiger partial charge in [-0.1, -0.05) is 11.6 Å². The van der Waals surface area contributed by atoms with Gasteiger partial charge < -0.3 is 10.1 Å². The number of carbonyl (C=O) groups excluding carboxylic acids is 1. The van der Waals surface area contributed by atoms with Crippen molar-refractivity contribution in [2.75, 3.05) is 0 Å². The van der Waals surface area contributed by atoms with Crippen LogP contribution in [-0.2, 0) is 0 Å². The molecule has 0 amide bonds. The Morgan fingerprint density at radius 3 is 2.88 bits per heavy atom. The van der Waals surface area contributed by atoms with E-state index in [1.807, 2.05) is 0 Å². The minimum atomic E-state index is -0.659. The standard InChI is InChI=1S/C9H6ClN3O3/c1-5(14)8-11-9(13(15)16)7-6(10)3-2-4-12(7)8/h2-4H,1H3. The number of rotatable bonds is 2. The molecule has 0 radical (unpaired) electrons. The second-order valence-corrected chi connectivity index (χ2v) is 3.55. The van der Waals surface area contributed by atoms with Gasteiger partial charge in [-0.25, -0.2) is 0 Å². The molecule has 82 valence electrons. The summed E-state index contributed by atoms with van der Waals surface area (Å²) < 4.78 is 1.32. The van der Waals surface area contributed by atoms with Gasteiger partial charge in [0.2, 0.25) is 5.78 Å². The van der Waals surface area contributed by atoms with Crippen molar-refractivity contribution >= 4 is 28.7 Å². The molecule has 7 heteroatoms. The average Bonchev–Trinajstić information content (AvgIpc) is 2.58. The Labute approximate surface area is 94.6 Å². The lowest BCUT2D eigenvalue weighted by molar-refractivity contribution is -0.387. The van der Waals surface area contributed by atoms with Gasteiger partial charge in [-0.15, -0.1) is 0 Å². The number of nitro groups is 1. The minimum Gasteiger partial charge on any atom is -0.358 e. The molecule has 2 aromatic rings. The minimum absolute atomic E-state index is 0.00389. The van der Waals surface area contributed by atoms with E-state index in [1.54, 1.807) is 6.07 Å². The summed E-state index contributed by atoms with van der Waals surface area (Å²) in [6.07, 6.45) is 1.51. The van der Waals surface area contributed by atoms with E-state index in [2.05, 4.69) is 4.98 Å². The van der Waals surface area contributed by atoms with Gasteiger partial charge in [0, 0.05) is 13.1 Å². The van der Waals surface area contributed by atoms with Crippen molar-refractivity contribution in [1.29, 1.82) is 0 Å². The van der Waals surface area contributed by atoms with Crippen LogP contribution in [0.2, 0.25) is 5.02 Å². The van der Waals surface area contributed by atoms with Crippen molar-refractivity contribution < 1.29 is 9.72 Å². The molecule has 0 aliphatic heterocycles. The number of aromatic nitrogens is 2. The number of nitrogens with zero attached hydrogens (tertiary/aromatic N) is 3. The van der Waals surface area contributed by atoms with E-state index in [0.717, 1.165) is 0 Å². The number of imidazole rings is 1. The monoisotopic (exact) mass is 239 g/mol. The fourth-order valence-electron chi connectivity index (χ4n) is 1.46. The molecule has 2 rings (SSSR count). The van der Waals surface area contributed by atoms with E-state index < -0.39 is 10.7 Å². The topological polar surface area (TPSA) is 77.5 Å².